The molecule has 0 radical (unpaired) electrons. The Kier molecular flexibility index (Phi) is 8.80. The second kappa shape index (κ2) is 9.18. The summed E-state index contributed by atoms with van der Waals surface area (Å²) in [4.78, 5) is 11.8. The molecule has 0 spiro atoms. The largest absolute Gasteiger partial charge is 0.352 e. The highest BCUT2D eigenvalue weighted by molar-refractivity contribution is 5.85. The Morgan fingerprint density at radius 3 is 2.95 bits per heavy atom. The molecule has 2 atom stereocenters. The molecular formula is C12H22Cl2N4O. The van der Waals surface area contributed by atoms with E-state index in [4.69, 9.17) is 0 Å². The van der Waals surface area contributed by atoms with Crippen molar-refractivity contribution in [3.8, 4) is 0 Å². The Labute approximate surface area is 126 Å². The van der Waals surface area contributed by atoms with Crippen LogP contribution in [0.1, 0.15) is 19.8 Å². The smallest absolute Gasteiger partial charge is 0.241 e. The second-order valence-corrected chi connectivity index (χ2v) is 4.67. The van der Waals surface area contributed by atoms with E-state index in [9.17, 15) is 4.79 Å². The number of piperidine rings is 1. The summed E-state index contributed by atoms with van der Waals surface area (Å²) in [7, 11) is 0. The number of amides is 1. The summed E-state index contributed by atoms with van der Waals surface area (Å²) in [6.07, 6.45) is 5.87. The zero-order valence-corrected chi connectivity index (χ0v) is 12.7. The van der Waals surface area contributed by atoms with Gasteiger partial charge in [-0.25, -0.2) is 0 Å². The lowest BCUT2D eigenvalue weighted by Crippen LogP contribution is -2.45. The first kappa shape index (κ1) is 18.2. The van der Waals surface area contributed by atoms with E-state index in [-0.39, 0.29) is 36.8 Å². The molecule has 19 heavy (non-hydrogen) atoms. The van der Waals surface area contributed by atoms with Gasteiger partial charge in [0.2, 0.25) is 5.91 Å². The molecule has 1 fully saturated rings. The Morgan fingerprint density at radius 2 is 2.37 bits per heavy atom. The van der Waals surface area contributed by atoms with Crippen LogP contribution in [0.2, 0.25) is 0 Å². The Bertz CT molecular complexity index is 353. The minimum atomic E-state index is 0. The van der Waals surface area contributed by atoms with Crippen LogP contribution >= 0.6 is 24.8 Å². The van der Waals surface area contributed by atoms with Crippen molar-refractivity contribution in [2.45, 2.75) is 32.4 Å². The van der Waals surface area contributed by atoms with Crippen LogP contribution in [0.15, 0.2) is 18.5 Å². The fourth-order valence-corrected chi connectivity index (χ4v) is 2.26. The number of halogens is 2. The fraction of sp³-hybridized carbons (Fsp3) is 0.667. The highest BCUT2D eigenvalue weighted by Crippen LogP contribution is 2.13. The Morgan fingerprint density at radius 1 is 1.58 bits per heavy atom. The molecule has 0 bridgehead atoms. The molecular weight excluding hydrogens is 287 g/mol. The number of rotatable bonds is 4. The van der Waals surface area contributed by atoms with Gasteiger partial charge < -0.3 is 10.6 Å². The lowest BCUT2D eigenvalue weighted by atomic mass is 9.93. The maximum atomic E-state index is 11.8. The number of aromatic nitrogens is 2. The zero-order chi connectivity index (χ0) is 12.1. The van der Waals surface area contributed by atoms with Crippen molar-refractivity contribution in [3.63, 3.8) is 0 Å². The molecule has 1 aliphatic rings. The second-order valence-electron chi connectivity index (χ2n) is 4.67. The molecule has 1 amide bonds. The van der Waals surface area contributed by atoms with Gasteiger partial charge in [0.25, 0.3) is 0 Å². The van der Waals surface area contributed by atoms with Crippen LogP contribution in [0.5, 0.6) is 0 Å². The Hall–Kier alpha value is -0.780. The van der Waals surface area contributed by atoms with E-state index in [0.717, 1.165) is 13.1 Å². The number of nitrogens with one attached hydrogen (secondary N) is 2. The van der Waals surface area contributed by atoms with Gasteiger partial charge in [0, 0.05) is 18.4 Å². The van der Waals surface area contributed by atoms with Crippen LogP contribution in [0, 0.1) is 5.92 Å². The zero-order valence-electron chi connectivity index (χ0n) is 11.0. The first-order chi connectivity index (χ1) is 8.25. The van der Waals surface area contributed by atoms with Crippen molar-refractivity contribution in [1.29, 1.82) is 0 Å². The standard InChI is InChI=1S/C12H20N4O.2ClH/c1-10(11-4-2-5-13-8-11)15-12(17)9-16-7-3-6-14-16;;/h3,6-7,10-11,13H,2,4-5,8-9H2,1H3,(H,15,17);2*1H. The quantitative estimate of drug-likeness (QED) is 0.879. The lowest BCUT2D eigenvalue weighted by Gasteiger charge is -2.28. The van der Waals surface area contributed by atoms with E-state index in [1.165, 1.54) is 12.8 Å². The van der Waals surface area contributed by atoms with Crippen LogP contribution in [0.3, 0.4) is 0 Å². The minimum absolute atomic E-state index is 0. The molecule has 0 saturated carbocycles. The van der Waals surface area contributed by atoms with Crippen molar-refractivity contribution < 1.29 is 4.79 Å². The molecule has 1 aromatic heterocycles. The van der Waals surface area contributed by atoms with Gasteiger partial charge in [-0.2, -0.15) is 5.10 Å². The number of carbonyl (C=O) groups is 1. The van der Waals surface area contributed by atoms with Crippen molar-refractivity contribution >= 4 is 30.7 Å². The Balaban J connectivity index is 0.00000162. The highest BCUT2D eigenvalue weighted by Gasteiger charge is 2.21. The number of hydrogen-bond acceptors (Lipinski definition) is 3. The predicted molar refractivity (Wildman–Crippen MR) is 79.9 cm³/mol. The van der Waals surface area contributed by atoms with Gasteiger partial charge >= 0.3 is 0 Å². The van der Waals surface area contributed by atoms with Crippen molar-refractivity contribution in [2.24, 2.45) is 5.92 Å². The fourth-order valence-electron chi connectivity index (χ4n) is 2.26. The molecule has 1 aromatic rings. The number of hydrogen-bond donors (Lipinski definition) is 2. The normalized spacial score (nSPS) is 19.7. The van der Waals surface area contributed by atoms with Gasteiger partial charge in [-0.05, 0) is 44.8 Å². The SMILES string of the molecule is CC(NC(=O)Cn1cccn1)C1CCCNC1.Cl.Cl. The van der Waals surface area contributed by atoms with E-state index in [0.29, 0.717) is 12.5 Å². The average molecular weight is 309 g/mol. The van der Waals surface area contributed by atoms with Crippen molar-refractivity contribution in [3.05, 3.63) is 18.5 Å². The van der Waals surface area contributed by atoms with Gasteiger partial charge in [-0.1, -0.05) is 0 Å². The first-order valence-corrected chi connectivity index (χ1v) is 6.23. The summed E-state index contributed by atoms with van der Waals surface area (Å²) in [6.45, 7) is 4.49. The van der Waals surface area contributed by atoms with Crippen LogP contribution in [0.4, 0.5) is 0 Å². The van der Waals surface area contributed by atoms with Crippen LogP contribution in [-0.4, -0.2) is 34.8 Å². The van der Waals surface area contributed by atoms with Gasteiger partial charge in [0.1, 0.15) is 6.54 Å². The third kappa shape index (κ3) is 5.80. The third-order valence-corrected chi connectivity index (χ3v) is 3.30. The monoisotopic (exact) mass is 308 g/mol. The van der Waals surface area contributed by atoms with Crippen molar-refractivity contribution in [1.82, 2.24) is 20.4 Å². The van der Waals surface area contributed by atoms with Crippen LogP contribution in [0.25, 0.3) is 0 Å². The van der Waals surface area contributed by atoms with Crippen LogP contribution < -0.4 is 10.6 Å². The van der Waals surface area contributed by atoms with Gasteiger partial charge in [-0.15, -0.1) is 24.8 Å². The summed E-state index contributed by atoms with van der Waals surface area (Å²) in [5.41, 5.74) is 0. The average Bonchev–Trinajstić information content (AvgIpc) is 2.82. The topological polar surface area (TPSA) is 59.0 Å². The summed E-state index contributed by atoms with van der Waals surface area (Å²) in [5.74, 6) is 0.581. The summed E-state index contributed by atoms with van der Waals surface area (Å²) in [6, 6.07) is 2.05. The molecule has 1 aliphatic heterocycles. The van der Waals surface area contributed by atoms with E-state index in [2.05, 4.69) is 22.7 Å². The highest BCUT2D eigenvalue weighted by atomic mass is 35.5. The molecule has 0 aromatic carbocycles. The molecule has 110 valence electrons. The lowest BCUT2D eigenvalue weighted by molar-refractivity contribution is -0.122. The van der Waals surface area contributed by atoms with Gasteiger partial charge in [0.15, 0.2) is 0 Å². The predicted octanol–water partition coefficient (Wildman–Crippen LogP) is 1.23. The van der Waals surface area contributed by atoms with Crippen LogP contribution in [-0.2, 0) is 11.3 Å². The maximum Gasteiger partial charge on any atom is 0.241 e. The molecule has 2 N–H and O–H groups in total. The molecule has 7 heteroatoms. The molecule has 2 heterocycles. The first-order valence-electron chi connectivity index (χ1n) is 6.23. The summed E-state index contributed by atoms with van der Waals surface area (Å²) >= 11 is 0. The molecule has 5 nitrogen and oxygen atoms in total. The molecule has 1 saturated heterocycles. The molecule has 0 aliphatic carbocycles. The van der Waals surface area contributed by atoms with Gasteiger partial charge in [-0.3, -0.25) is 9.48 Å². The third-order valence-electron chi connectivity index (χ3n) is 3.30. The van der Waals surface area contributed by atoms with Crippen molar-refractivity contribution in [2.75, 3.05) is 13.1 Å². The van der Waals surface area contributed by atoms with Gasteiger partial charge in [0.05, 0.1) is 0 Å². The summed E-state index contributed by atoms with van der Waals surface area (Å²) in [5, 5.41) is 10.4. The number of carbonyl (C=O) groups excluding carboxylic acids is 1. The van der Waals surface area contributed by atoms with E-state index in [1.807, 2.05) is 6.07 Å². The number of nitrogens with zero attached hydrogens (tertiary/aromatic N) is 2. The minimum Gasteiger partial charge on any atom is -0.352 e. The molecule has 2 unspecified atom stereocenters. The maximum absolute atomic E-state index is 11.8. The molecule has 2 rings (SSSR count). The van der Waals surface area contributed by atoms with E-state index in [1.54, 1.807) is 17.1 Å². The van der Waals surface area contributed by atoms with E-state index < -0.39 is 0 Å². The van der Waals surface area contributed by atoms with E-state index >= 15 is 0 Å². The summed E-state index contributed by atoms with van der Waals surface area (Å²) < 4.78 is 1.64.